The summed E-state index contributed by atoms with van der Waals surface area (Å²) in [7, 11) is 0. The average molecular weight is 294 g/mol. The fourth-order valence-corrected chi connectivity index (χ4v) is 3.49. The van der Waals surface area contributed by atoms with Crippen molar-refractivity contribution < 1.29 is 4.79 Å². The molecule has 1 aromatic carbocycles. The fraction of sp³-hybridized carbons (Fsp3) is 0.588. The lowest BCUT2D eigenvalue weighted by Gasteiger charge is -2.43. The van der Waals surface area contributed by atoms with Gasteiger partial charge < -0.3 is 0 Å². The molecule has 0 amide bonds. The molecule has 0 aromatic heterocycles. The third-order valence-electron chi connectivity index (χ3n) is 4.63. The van der Waals surface area contributed by atoms with Crippen molar-refractivity contribution in [2.24, 2.45) is 11.8 Å². The number of rotatable bonds is 3. The van der Waals surface area contributed by atoms with E-state index in [1.807, 2.05) is 19.1 Å². The number of nitrogens with zero attached hydrogens (tertiary/aromatic N) is 1. The van der Waals surface area contributed by atoms with Gasteiger partial charge in [-0.3, -0.25) is 9.69 Å². The summed E-state index contributed by atoms with van der Waals surface area (Å²) in [4.78, 5) is 15.0. The van der Waals surface area contributed by atoms with E-state index in [4.69, 9.17) is 11.6 Å². The minimum atomic E-state index is -0.0892. The average Bonchev–Trinajstić information content (AvgIpc) is 2.41. The summed E-state index contributed by atoms with van der Waals surface area (Å²) in [6.07, 6.45) is 1.25. The molecule has 1 aliphatic rings. The number of benzene rings is 1. The van der Waals surface area contributed by atoms with E-state index in [-0.39, 0.29) is 11.8 Å². The van der Waals surface area contributed by atoms with E-state index in [0.29, 0.717) is 28.5 Å². The van der Waals surface area contributed by atoms with Crippen LogP contribution in [0.4, 0.5) is 0 Å². The molecule has 4 unspecified atom stereocenters. The van der Waals surface area contributed by atoms with Gasteiger partial charge in [-0.1, -0.05) is 37.6 Å². The summed E-state index contributed by atoms with van der Waals surface area (Å²) >= 11 is 5.99. The molecule has 1 fully saturated rings. The maximum absolute atomic E-state index is 12.7. The van der Waals surface area contributed by atoms with Gasteiger partial charge in [-0.2, -0.15) is 0 Å². The maximum atomic E-state index is 12.7. The minimum Gasteiger partial charge on any atom is -0.292 e. The molecule has 0 spiro atoms. The summed E-state index contributed by atoms with van der Waals surface area (Å²) in [6.45, 7) is 9.80. The summed E-state index contributed by atoms with van der Waals surface area (Å²) < 4.78 is 0. The Morgan fingerprint density at radius 2 is 2.05 bits per heavy atom. The van der Waals surface area contributed by atoms with Crippen molar-refractivity contribution >= 4 is 17.4 Å². The first-order valence-electron chi connectivity index (χ1n) is 7.45. The Labute approximate surface area is 127 Å². The van der Waals surface area contributed by atoms with Crippen LogP contribution in [0.5, 0.6) is 0 Å². The van der Waals surface area contributed by atoms with Crippen molar-refractivity contribution in [3.63, 3.8) is 0 Å². The van der Waals surface area contributed by atoms with E-state index in [1.54, 1.807) is 12.1 Å². The van der Waals surface area contributed by atoms with Crippen molar-refractivity contribution in [3.8, 4) is 0 Å². The lowest BCUT2D eigenvalue weighted by atomic mass is 9.84. The third-order valence-corrected chi connectivity index (χ3v) is 4.86. The molecular formula is C17H24ClNO. The lowest BCUT2D eigenvalue weighted by Crippen LogP contribution is -2.52. The molecule has 2 rings (SSSR count). The van der Waals surface area contributed by atoms with Gasteiger partial charge in [-0.25, -0.2) is 0 Å². The highest BCUT2D eigenvalue weighted by molar-refractivity contribution is 6.31. The summed E-state index contributed by atoms with van der Waals surface area (Å²) in [5.74, 6) is 1.45. The van der Waals surface area contributed by atoms with Crippen molar-refractivity contribution in [3.05, 3.63) is 34.9 Å². The number of carbonyl (C=O) groups excluding carboxylic acids is 1. The van der Waals surface area contributed by atoms with Gasteiger partial charge in [-0.15, -0.1) is 0 Å². The molecule has 3 heteroatoms. The Bertz CT molecular complexity index is 488. The number of piperidine rings is 1. The van der Waals surface area contributed by atoms with E-state index in [1.165, 1.54) is 6.42 Å². The van der Waals surface area contributed by atoms with Gasteiger partial charge in [0.05, 0.1) is 6.04 Å². The third kappa shape index (κ3) is 3.24. The summed E-state index contributed by atoms with van der Waals surface area (Å²) in [5, 5.41) is 0.622. The normalized spacial score (nSPS) is 29.1. The molecule has 1 saturated heterocycles. The first-order valence-corrected chi connectivity index (χ1v) is 7.83. The number of carbonyl (C=O) groups is 1. The SMILES string of the molecule is CC1CC(C)C(C)N(C(C)C(=O)c2cccc(Cl)c2)C1. The van der Waals surface area contributed by atoms with E-state index >= 15 is 0 Å². The number of halogens is 1. The molecule has 110 valence electrons. The van der Waals surface area contributed by atoms with Gasteiger partial charge in [0.1, 0.15) is 0 Å². The standard InChI is InChI=1S/C17H24ClNO/c1-11-8-12(2)13(3)19(10-11)14(4)17(20)15-6-5-7-16(18)9-15/h5-7,9,11-14H,8,10H2,1-4H3. The highest BCUT2D eigenvalue weighted by Gasteiger charge is 2.34. The highest BCUT2D eigenvalue weighted by Crippen LogP contribution is 2.29. The first-order chi connectivity index (χ1) is 9.40. The van der Waals surface area contributed by atoms with Crippen LogP contribution in [0.25, 0.3) is 0 Å². The fourth-order valence-electron chi connectivity index (χ4n) is 3.30. The van der Waals surface area contributed by atoms with Crippen LogP contribution in [0.3, 0.4) is 0 Å². The van der Waals surface area contributed by atoms with Crippen LogP contribution in [0.2, 0.25) is 5.02 Å². The first kappa shape index (κ1) is 15.5. The Morgan fingerprint density at radius 1 is 1.35 bits per heavy atom. The second-order valence-corrected chi connectivity index (χ2v) is 6.74. The summed E-state index contributed by atoms with van der Waals surface area (Å²) in [6, 6.07) is 7.62. The van der Waals surface area contributed by atoms with Gasteiger partial charge in [0, 0.05) is 23.2 Å². The van der Waals surface area contributed by atoms with Crippen molar-refractivity contribution in [1.82, 2.24) is 4.90 Å². The van der Waals surface area contributed by atoms with Crippen LogP contribution in [0.15, 0.2) is 24.3 Å². The van der Waals surface area contributed by atoms with E-state index < -0.39 is 0 Å². The molecule has 0 saturated carbocycles. The van der Waals surface area contributed by atoms with Gasteiger partial charge in [0.2, 0.25) is 0 Å². The van der Waals surface area contributed by atoms with Crippen LogP contribution in [-0.4, -0.2) is 29.3 Å². The second kappa shape index (κ2) is 6.28. The van der Waals surface area contributed by atoms with Crippen molar-refractivity contribution in [1.29, 1.82) is 0 Å². The maximum Gasteiger partial charge on any atom is 0.179 e. The predicted molar refractivity (Wildman–Crippen MR) is 84.4 cm³/mol. The van der Waals surface area contributed by atoms with E-state index in [9.17, 15) is 4.79 Å². The topological polar surface area (TPSA) is 20.3 Å². The molecule has 4 atom stereocenters. The van der Waals surface area contributed by atoms with Gasteiger partial charge >= 0.3 is 0 Å². The zero-order valence-electron chi connectivity index (χ0n) is 12.8. The molecule has 0 bridgehead atoms. The van der Waals surface area contributed by atoms with Crippen LogP contribution in [0.1, 0.15) is 44.5 Å². The Balaban J connectivity index is 2.17. The highest BCUT2D eigenvalue weighted by atomic mass is 35.5. The smallest absolute Gasteiger partial charge is 0.179 e. The predicted octanol–water partition coefficient (Wildman–Crippen LogP) is 4.28. The molecule has 0 N–H and O–H groups in total. The number of Topliss-reactive ketones (excluding diaryl/α,β-unsaturated/α-hetero) is 1. The number of likely N-dealkylation sites (tertiary alicyclic amines) is 1. The zero-order valence-corrected chi connectivity index (χ0v) is 13.5. The number of hydrogen-bond acceptors (Lipinski definition) is 2. The van der Waals surface area contributed by atoms with Crippen molar-refractivity contribution in [2.75, 3.05) is 6.54 Å². The van der Waals surface area contributed by atoms with Crippen LogP contribution < -0.4 is 0 Å². The molecule has 2 nitrogen and oxygen atoms in total. The van der Waals surface area contributed by atoms with Crippen LogP contribution in [0, 0.1) is 11.8 Å². The molecule has 1 aliphatic heterocycles. The van der Waals surface area contributed by atoms with Crippen LogP contribution in [-0.2, 0) is 0 Å². The Kier molecular flexibility index (Phi) is 4.87. The van der Waals surface area contributed by atoms with Gasteiger partial charge in [0.25, 0.3) is 0 Å². The van der Waals surface area contributed by atoms with Crippen LogP contribution >= 0.6 is 11.6 Å². The molecule has 1 heterocycles. The number of hydrogen-bond donors (Lipinski definition) is 0. The lowest BCUT2D eigenvalue weighted by molar-refractivity contribution is 0.0406. The molecule has 1 aromatic rings. The molecular weight excluding hydrogens is 270 g/mol. The van der Waals surface area contributed by atoms with Gasteiger partial charge in [0.15, 0.2) is 5.78 Å². The number of ketones is 1. The quantitative estimate of drug-likeness (QED) is 0.775. The molecule has 0 aliphatic carbocycles. The largest absolute Gasteiger partial charge is 0.292 e. The van der Waals surface area contributed by atoms with E-state index in [2.05, 4.69) is 25.7 Å². The van der Waals surface area contributed by atoms with Crippen molar-refractivity contribution in [2.45, 2.75) is 46.2 Å². The Morgan fingerprint density at radius 3 is 2.70 bits per heavy atom. The van der Waals surface area contributed by atoms with E-state index in [0.717, 1.165) is 6.54 Å². The summed E-state index contributed by atoms with van der Waals surface area (Å²) in [5.41, 5.74) is 0.711. The minimum absolute atomic E-state index is 0.0892. The molecule has 20 heavy (non-hydrogen) atoms. The zero-order chi connectivity index (χ0) is 14.9. The van der Waals surface area contributed by atoms with Gasteiger partial charge in [-0.05, 0) is 44.2 Å². The molecule has 0 radical (unpaired) electrons. The second-order valence-electron chi connectivity index (χ2n) is 6.31. The monoisotopic (exact) mass is 293 g/mol. The Hall–Kier alpha value is -0.860.